The predicted octanol–water partition coefficient (Wildman–Crippen LogP) is 2.00. The Balaban J connectivity index is 1.66. The molecule has 0 unspecified atom stereocenters. The number of hydrogen-bond acceptors (Lipinski definition) is 4. The van der Waals surface area contributed by atoms with Gasteiger partial charge in [-0.1, -0.05) is 18.2 Å². The molecule has 3 rings (SSSR count). The number of aryl methyl sites for hydroxylation is 1. The summed E-state index contributed by atoms with van der Waals surface area (Å²) in [7, 11) is 0. The molecule has 0 radical (unpaired) electrons. The van der Waals surface area contributed by atoms with Gasteiger partial charge in [-0.25, -0.2) is 0 Å². The molecule has 2 aromatic rings. The van der Waals surface area contributed by atoms with Gasteiger partial charge in [0, 0.05) is 43.4 Å². The van der Waals surface area contributed by atoms with E-state index in [9.17, 15) is 19.8 Å². The third-order valence-corrected chi connectivity index (χ3v) is 4.38. The Bertz CT molecular complexity index is 791. The lowest BCUT2D eigenvalue weighted by Gasteiger charge is -2.35. The number of piperazine rings is 1. The van der Waals surface area contributed by atoms with Crippen LogP contribution in [0.4, 0.5) is 0 Å². The molecule has 1 heterocycles. The van der Waals surface area contributed by atoms with Crippen molar-refractivity contribution in [1.29, 1.82) is 0 Å². The molecular formula is C19H20N2O4. The van der Waals surface area contributed by atoms with Crippen LogP contribution in [0, 0.1) is 6.92 Å². The monoisotopic (exact) mass is 340 g/mol. The zero-order valence-corrected chi connectivity index (χ0v) is 14.0. The molecule has 1 saturated heterocycles. The number of rotatable bonds is 2. The number of benzene rings is 2. The molecule has 2 aromatic carbocycles. The zero-order valence-electron chi connectivity index (χ0n) is 14.0. The van der Waals surface area contributed by atoms with Crippen molar-refractivity contribution in [1.82, 2.24) is 9.80 Å². The first-order valence-electron chi connectivity index (χ1n) is 8.13. The summed E-state index contributed by atoms with van der Waals surface area (Å²) < 4.78 is 0. The van der Waals surface area contributed by atoms with E-state index in [4.69, 9.17) is 0 Å². The van der Waals surface area contributed by atoms with Crippen LogP contribution in [-0.4, -0.2) is 58.0 Å². The molecule has 1 aliphatic rings. The van der Waals surface area contributed by atoms with Crippen LogP contribution < -0.4 is 0 Å². The van der Waals surface area contributed by atoms with E-state index in [1.54, 1.807) is 9.80 Å². The Hall–Kier alpha value is -3.02. The van der Waals surface area contributed by atoms with Gasteiger partial charge in [0.05, 0.1) is 0 Å². The maximum atomic E-state index is 12.6. The van der Waals surface area contributed by atoms with Crippen LogP contribution in [0.2, 0.25) is 0 Å². The second kappa shape index (κ2) is 6.84. The quantitative estimate of drug-likeness (QED) is 0.876. The van der Waals surface area contributed by atoms with Gasteiger partial charge >= 0.3 is 0 Å². The van der Waals surface area contributed by atoms with Crippen molar-refractivity contribution in [2.24, 2.45) is 0 Å². The molecule has 1 aliphatic heterocycles. The van der Waals surface area contributed by atoms with E-state index in [2.05, 4.69) is 0 Å². The fraction of sp³-hybridized carbons (Fsp3) is 0.263. The van der Waals surface area contributed by atoms with Crippen LogP contribution in [0.5, 0.6) is 11.5 Å². The molecule has 0 aromatic heterocycles. The third kappa shape index (κ3) is 3.57. The Kier molecular flexibility index (Phi) is 4.61. The van der Waals surface area contributed by atoms with Gasteiger partial charge in [0.25, 0.3) is 11.8 Å². The topological polar surface area (TPSA) is 81.1 Å². The first-order valence-corrected chi connectivity index (χ1v) is 8.13. The second-order valence-corrected chi connectivity index (χ2v) is 6.14. The van der Waals surface area contributed by atoms with Crippen LogP contribution >= 0.6 is 0 Å². The predicted molar refractivity (Wildman–Crippen MR) is 92.8 cm³/mol. The highest BCUT2D eigenvalue weighted by Gasteiger charge is 2.26. The Morgan fingerprint density at radius 2 is 1.36 bits per heavy atom. The standard InChI is InChI=1S/C19H20N2O4/c1-13-4-2-3-5-17(13)19(25)21-8-6-20(7-9-21)18(24)14-10-15(22)12-16(23)11-14/h2-5,10-12,22-23H,6-9H2,1H3. The van der Waals surface area contributed by atoms with Crippen molar-refractivity contribution in [2.45, 2.75) is 6.92 Å². The first-order chi connectivity index (χ1) is 12.0. The van der Waals surface area contributed by atoms with Gasteiger partial charge in [-0.05, 0) is 30.7 Å². The van der Waals surface area contributed by atoms with Gasteiger partial charge in [-0.15, -0.1) is 0 Å². The SMILES string of the molecule is Cc1ccccc1C(=O)N1CCN(C(=O)c2cc(O)cc(O)c2)CC1. The van der Waals surface area contributed by atoms with Crippen LogP contribution in [0.1, 0.15) is 26.3 Å². The highest BCUT2D eigenvalue weighted by atomic mass is 16.3. The van der Waals surface area contributed by atoms with Gasteiger partial charge in [0.15, 0.2) is 0 Å². The summed E-state index contributed by atoms with van der Waals surface area (Å²) in [5, 5.41) is 19.0. The lowest BCUT2D eigenvalue weighted by atomic mass is 10.1. The average molecular weight is 340 g/mol. The maximum absolute atomic E-state index is 12.6. The van der Waals surface area contributed by atoms with E-state index < -0.39 is 0 Å². The Morgan fingerprint density at radius 1 is 0.840 bits per heavy atom. The molecule has 1 fully saturated rings. The van der Waals surface area contributed by atoms with Gasteiger partial charge in [0.2, 0.25) is 0 Å². The van der Waals surface area contributed by atoms with Crippen molar-refractivity contribution >= 4 is 11.8 Å². The number of phenolic OH excluding ortho intramolecular Hbond substituents is 2. The molecule has 0 spiro atoms. The van der Waals surface area contributed by atoms with Gasteiger partial charge < -0.3 is 20.0 Å². The molecule has 0 saturated carbocycles. The summed E-state index contributed by atoms with van der Waals surface area (Å²) >= 11 is 0. The summed E-state index contributed by atoms with van der Waals surface area (Å²) in [6.45, 7) is 3.62. The number of amides is 2. The highest BCUT2D eigenvalue weighted by molar-refractivity contribution is 5.97. The second-order valence-electron chi connectivity index (χ2n) is 6.14. The molecule has 0 bridgehead atoms. The molecule has 0 aliphatic carbocycles. The van der Waals surface area contributed by atoms with Crippen LogP contribution in [0.15, 0.2) is 42.5 Å². The Labute approximate surface area is 145 Å². The number of carbonyl (C=O) groups excluding carboxylic acids is 2. The number of carbonyl (C=O) groups is 2. The van der Waals surface area contributed by atoms with E-state index in [0.29, 0.717) is 31.7 Å². The van der Waals surface area contributed by atoms with E-state index >= 15 is 0 Å². The van der Waals surface area contributed by atoms with Crippen molar-refractivity contribution in [3.05, 3.63) is 59.2 Å². The fourth-order valence-electron chi connectivity index (χ4n) is 3.00. The van der Waals surface area contributed by atoms with Crippen LogP contribution in [0.3, 0.4) is 0 Å². The number of aromatic hydroxyl groups is 2. The van der Waals surface area contributed by atoms with Crippen LogP contribution in [-0.2, 0) is 0 Å². The molecular weight excluding hydrogens is 320 g/mol. The number of nitrogens with zero attached hydrogens (tertiary/aromatic N) is 2. The molecule has 6 nitrogen and oxygen atoms in total. The van der Waals surface area contributed by atoms with Gasteiger partial charge in [-0.2, -0.15) is 0 Å². The molecule has 25 heavy (non-hydrogen) atoms. The lowest BCUT2D eigenvalue weighted by molar-refractivity contribution is 0.0534. The number of phenols is 2. The van der Waals surface area contributed by atoms with Crippen molar-refractivity contribution in [3.8, 4) is 11.5 Å². The van der Waals surface area contributed by atoms with E-state index in [1.807, 2.05) is 31.2 Å². The van der Waals surface area contributed by atoms with Crippen molar-refractivity contribution in [2.75, 3.05) is 26.2 Å². The summed E-state index contributed by atoms with van der Waals surface area (Å²) in [5.74, 6) is -0.608. The molecule has 2 N–H and O–H groups in total. The van der Waals surface area contributed by atoms with Crippen molar-refractivity contribution < 1.29 is 19.8 Å². The van der Waals surface area contributed by atoms with E-state index in [-0.39, 0.29) is 28.9 Å². The molecule has 0 atom stereocenters. The highest BCUT2D eigenvalue weighted by Crippen LogP contribution is 2.22. The first kappa shape index (κ1) is 16.8. The van der Waals surface area contributed by atoms with Crippen LogP contribution in [0.25, 0.3) is 0 Å². The summed E-state index contributed by atoms with van der Waals surface area (Å²) in [4.78, 5) is 28.5. The largest absolute Gasteiger partial charge is 0.508 e. The lowest BCUT2D eigenvalue weighted by Crippen LogP contribution is -2.50. The van der Waals surface area contributed by atoms with E-state index in [1.165, 1.54) is 18.2 Å². The summed E-state index contributed by atoms with van der Waals surface area (Å²) in [6.07, 6.45) is 0. The van der Waals surface area contributed by atoms with Gasteiger partial charge in [0.1, 0.15) is 11.5 Å². The maximum Gasteiger partial charge on any atom is 0.254 e. The smallest absolute Gasteiger partial charge is 0.254 e. The minimum atomic E-state index is -0.269. The normalized spacial score (nSPS) is 14.4. The third-order valence-electron chi connectivity index (χ3n) is 4.38. The van der Waals surface area contributed by atoms with E-state index in [0.717, 1.165) is 5.56 Å². The molecule has 6 heteroatoms. The number of hydrogen-bond donors (Lipinski definition) is 2. The summed E-state index contributed by atoms with van der Waals surface area (Å²) in [5.41, 5.74) is 1.85. The minimum Gasteiger partial charge on any atom is -0.508 e. The molecule has 2 amide bonds. The minimum absolute atomic E-state index is 0.0276. The Morgan fingerprint density at radius 3 is 1.92 bits per heavy atom. The summed E-state index contributed by atoms with van der Waals surface area (Å²) in [6, 6.07) is 11.3. The molecule has 130 valence electrons. The zero-order chi connectivity index (χ0) is 18.0. The fourth-order valence-corrected chi connectivity index (χ4v) is 3.00. The van der Waals surface area contributed by atoms with Crippen molar-refractivity contribution in [3.63, 3.8) is 0 Å². The van der Waals surface area contributed by atoms with Gasteiger partial charge in [-0.3, -0.25) is 9.59 Å². The average Bonchev–Trinajstić information content (AvgIpc) is 2.60.